The van der Waals surface area contributed by atoms with E-state index >= 15 is 0 Å². The smallest absolute Gasteiger partial charge is 0.336 e. The number of anilines is 1. The summed E-state index contributed by atoms with van der Waals surface area (Å²) in [6, 6.07) is 0.710. The number of aromatic nitrogens is 2. The van der Waals surface area contributed by atoms with E-state index in [1.54, 1.807) is 0 Å². The lowest BCUT2D eigenvalue weighted by molar-refractivity contribution is -0.138. The summed E-state index contributed by atoms with van der Waals surface area (Å²) in [6.45, 7) is 1.52. The number of carbonyl (C=O) groups excluding carboxylic acids is 1. The van der Waals surface area contributed by atoms with Crippen molar-refractivity contribution in [2.75, 3.05) is 5.32 Å². The molecule has 0 unspecified atom stereocenters. The van der Waals surface area contributed by atoms with Crippen LogP contribution in [0, 0.1) is 6.92 Å². The van der Waals surface area contributed by atoms with Gasteiger partial charge < -0.3 is 4.52 Å². The van der Waals surface area contributed by atoms with E-state index in [1.165, 1.54) is 6.92 Å². The number of hydrogen-bond donors (Lipinski definition) is 1. The Morgan fingerprint density at radius 3 is 2.70 bits per heavy atom. The SMILES string of the molecule is Cc1noc(NC(=O)c2cnccc2C(F)(F)F)c1Cl. The Labute approximate surface area is 115 Å². The highest BCUT2D eigenvalue weighted by molar-refractivity contribution is 6.34. The Hall–Kier alpha value is -2.09. The highest BCUT2D eigenvalue weighted by Crippen LogP contribution is 2.32. The second kappa shape index (κ2) is 5.12. The molecule has 0 saturated carbocycles. The highest BCUT2D eigenvalue weighted by atomic mass is 35.5. The standard InChI is InChI=1S/C11H7ClF3N3O2/c1-5-8(12)10(20-18-5)17-9(19)6-4-16-3-2-7(6)11(13,14)15/h2-4H,1H3,(H,17,19). The van der Waals surface area contributed by atoms with Crippen molar-refractivity contribution in [1.82, 2.24) is 10.1 Å². The largest absolute Gasteiger partial charge is 0.417 e. The number of pyridine rings is 1. The van der Waals surface area contributed by atoms with Crippen LogP contribution in [0.2, 0.25) is 5.02 Å². The minimum absolute atomic E-state index is 0.0239. The van der Waals surface area contributed by atoms with Crippen LogP contribution < -0.4 is 5.32 Å². The summed E-state index contributed by atoms with van der Waals surface area (Å²) >= 11 is 5.76. The van der Waals surface area contributed by atoms with E-state index in [4.69, 9.17) is 16.1 Å². The zero-order chi connectivity index (χ0) is 14.9. The van der Waals surface area contributed by atoms with Crippen LogP contribution in [0.1, 0.15) is 21.6 Å². The first-order chi connectivity index (χ1) is 9.30. The Morgan fingerprint density at radius 1 is 1.45 bits per heavy atom. The molecule has 2 heterocycles. The number of nitrogens with one attached hydrogen (secondary N) is 1. The van der Waals surface area contributed by atoms with Crippen LogP contribution >= 0.6 is 11.6 Å². The third kappa shape index (κ3) is 2.74. The fourth-order valence-corrected chi connectivity index (χ4v) is 1.55. The summed E-state index contributed by atoms with van der Waals surface area (Å²) in [6.07, 6.45) is -2.91. The summed E-state index contributed by atoms with van der Waals surface area (Å²) < 4.78 is 43.0. The lowest BCUT2D eigenvalue weighted by Crippen LogP contribution is -2.19. The molecule has 0 spiro atoms. The number of hydrogen-bond acceptors (Lipinski definition) is 4. The van der Waals surface area contributed by atoms with Crippen molar-refractivity contribution in [3.05, 3.63) is 40.3 Å². The molecular formula is C11H7ClF3N3O2. The quantitative estimate of drug-likeness (QED) is 0.924. The Kier molecular flexibility index (Phi) is 3.67. The van der Waals surface area contributed by atoms with Crippen LogP contribution in [0.3, 0.4) is 0 Å². The maximum absolute atomic E-state index is 12.8. The lowest BCUT2D eigenvalue weighted by atomic mass is 10.1. The lowest BCUT2D eigenvalue weighted by Gasteiger charge is -2.11. The Morgan fingerprint density at radius 2 is 2.15 bits per heavy atom. The van der Waals surface area contributed by atoms with Gasteiger partial charge in [0.05, 0.1) is 11.1 Å². The van der Waals surface area contributed by atoms with E-state index in [0.29, 0.717) is 11.8 Å². The fourth-order valence-electron chi connectivity index (χ4n) is 1.43. The second-order valence-electron chi connectivity index (χ2n) is 3.78. The maximum atomic E-state index is 12.8. The van der Waals surface area contributed by atoms with Gasteiger partial charge in [0.2, 0.25) is 0 Å². The van der Waals surface area contributed by atoms with Crippen molar-refractivity contribution in [1.29, 1.82) is 0 Å². The number of amides is 1. The predicted octanol–water partition coefficient (Wildman–Crippen LogP) is 3.30. The van der Waals surface area contributed by atoms with Crippen molar-refractivity contribution in [2.24, 2.45) is 0 Å². The summed E-state index contributed by atoms with van der Waals surface area (Å²) in [4.78, 5) is 15.4. The maximum Gasteiger partial charge on any atom is 0.417 e. The number of rotatable bonds is 2. The van der Waals surface area contributed by atoms with E-state index in [0.717, 1.165) is 12.4 Å². The molecule has 0 aliphatic rings. The van der Waals surface area contributed by atoms with E-state index in [2.05, 4.69) is 15.5 Å². The van der Waals surface area contributed by atoms with Gasteiger partial charge in [-0.15, -0.1) is 0 Å². The zero-order valence-electron chi connectivity index (χ0n) is 9.95. The van der Waals surface area contributed by atoms with Crippen molar-refractivity contribution < 1.29 is 22.5 Å². The van der Waals surface area contributed by atoms with E-state index in [1.807, 2.05) is 0 Å². The molecule has 2 aromatic heterocycles. The molecule has 0 fully saturated rings. The highest BCUT2D eigenvalue weighted by Gasteiger charge is 2.35. The molecule has 2 aromatic rings. The van der Waals surface area contributed by atoms with Crippen LogP contribution in [-0.4, -0.2) is 16.0 Å². The average molecular weight is 306 g/mol. The Balaban J connectivity index is 2.33. The molecule has 0 atom stereocenters. The number of halogens is 4. The molecule has 0 saturated heterocycles. The average Bonchev–Trinajstić information content (AvgIpc) is 2.70. The molecule has 2 rings (SSSR count). The molecule has 9 heteroatoms. The predicted molar refractivity (Wildman–Crippen MR) is 63.4 cm³/mol. The first kappa shape index (κ1) is 14.3. The Bertz CT molecular complexity index is 655. The second-order valence-corrected chi connectivity index (χ2v) is 4.16. The van der Waals surface area contributed by atoms with Crippen LogP contribution in [0.5, 0.6) is 0 Å². The molecular weight excluding hydrogens is 299 g/mol. The minimum atomic E-state index is -4.67. The number of alkyl halides is 3. The molecule has 106 valence electrons. The minimum Gasteiger partial charge on any atom is -0.336 e. The molecule has 5 nitrogen and oxygen atoms in total. The summed E-state index contributed by atoms with van der Waals surface area (Å²) in [5, 5.41) is 5.62. The molecule has 0 aliphatic carbocycles. The van der Waals surface area contributed by atoms with Crippen molar-refractivity contribution in [3.63, 3.8) is 0 Å². The van der Waals surface area contributed by atoms with Crippen molar-refractivity contribution in [3.8, 4) is 0 Å². The summed E-state index contributed by atoms with van der Waals surface area (Å²) in [7, 11) is 0. The zero-order valence-corrected chi connectivity index (χ0v) is 10.7. The van der Waals surface area contributed by atoms with E-state index in [-0.39, 0.29) is 10.9 Å². The first-order valence-electron chi connectivity index (χ1n) is 5.25. The van der Waals surface area contributed by atoms with Crippen molar-refractivity contribution in [2.45, 2.75) is 13.1 Å². The van der Waals surface area contributed by atoms with E-state index < -0.39 is 23.2 Å². The van der Waals surface area contributed by atoms with Gasteiger partial charge in [-0.05, 0) is 13.0 Å². The number of aryl methyl sites for hydroxylation is 1. The van der Waals surface area contributed by atoms with Crippen LogP contribution in [0.25, 0.3) is 0 Å². The summed E-state index contributed by atoms with van der Waals surface area (Å²) in [5.74, 6) is -1.25. The van der Waals surface area contributed by atoms with Gasteiger partial charge in [-0.1, -0.05) is 16.8 Å². The molecule has 1 N–H and O–H groups in total. The van der Waals surface area contributed by atoms with Gasteiger partial charge >= 0.3 is 6.18 Å². The van der Waals surface area contributed by atoms with Crippen LogP contribution in [-0.2, 0) is 6.18 Å². The monoisotopic (exact) mass is 305 g/mol. The third-order valence-electron chi connectivity index (χ3n) is 2.39. The van der Waals surface area contributed by atoms with Crippen LogP contribution in [0.15, 0.2) is 23.0 Å². The van der Waals surface area contributed by atoms with Gasteiger partial charge in [-0.3, -0.25) is 15.1 Å². The molecule has 0 aromatic carbocycles. The van der Waals surface area contributed by atoms with Gasteiger partial charge in [0.25, 0.3) is 11.8 Å². The molecule has 0 aliphatic heterocycles. The molecule has 20 heavy (non-hydrogen) atoms. The topological polar surface area (TPSA) is 68.0 Å². The van der Waals surface area contributed by atoms with Gasteiger partial charge in [-0.25, -0.2) is 0 Å². The fraction of sp³-hybridized carbons (Fsp3) is 0.182. The molecule has 1 amide bonds. The number of carbonyl (C=O) groups is 1. The molecule has 0 radical (unpaired) electrons. The van der Waals surface area contributed by atoms with Crippen LogP contribution in [0.4, 0.5) is 19.1 Å². The number of nitrogens with zero attached hydrogens (tertiary/aromatic N) is 2. The molecule has 0 bridgehead atoms. The van der Waals surface area contributed by atoms with Gasteiger partial charge in [0, 0.05) is 12.4 Å². The van der Waals surface area contributed by atoms with Gasteiger partial charge in [-0.2, -0.15) is 13.2 Å². The summed E-state index contributed by atoms with van der Waals surface area (Å²) in [5.41, 5.74) is -1.42. The third-order valence-corrected chi connectivity index (χ3v) is 2.83. The normalized spacial score (nSPS) is 11.4. The van der Waals surface area contributed by atoms with E-state index in [9.17, 15) is 18.0 Å². The van der Waals surface area contributed by atoms with Gasteiger partial charge in [0.1, 0.15) is 10.7 Å². The van der Waals surface area contributed by atoms with Crippen molar-refractivity contribution >= 4 is 23.4 Å². The first-order valence-corrected chi connectivity index (χ1v) is 5.63. The van der Waals surface area contributed by atoms with Gasteiger partial charge in [0.15, 0.2) is 0 Å².